The van der Waals surface area contributed by atoms with Crippen LogP contribution in [0.4, 0.5) is 8.78 Å². The Balaban J connectivity index is 2.30. The minimum absolute atomic E-state index is 0.0768. The maximum Gasteiger partial charge on any atom is 0.250 e. The van der Waals surface area contributed by atoms with Gasteiger partial charge in [-0.05, 0) is 47.1 Å². The normalized spacial score (nSPS) is 13.4. The molecule has 0 aliphatic carbocycles. The van der Waals surface area contributed by atoms with Crippen molar-refractivity contribution in [2.45, 2.75) is 17.2 Å². The zero-order valence-corrected chi connectivity index (χ0v) is 13.4. The second-order valence-corrected chi connectivity index (χ2v) is 8.44. The average Bonchev–Trinajstić information content (AvgIpc) is 2.75. The highest BCUT2D eigenvalue weighted by Crippen LogP contribution is 2.28. The Morgan fingerprint density at radius 2 is 1.80 bits per heavy atom. The zero-order valence-electron chi connectivity index (χ0n) is 10.2. The largest absolute Gasteiger partial charge is 0.250 e. The van der Waals surface area contributed by atoms with Gasteiger partial charge in [0.25, 0.3) is 10.0 Å². The van der Waals surface area contributed by atoms with E-state index in [9.17, 15) is 17.2 Å². The van der Waals surface area contributed by atoms with E-state index in [1.807, 2.05) is 0 Å². The molecule has 0 saturated heterocycles. The fourth-order valence-corrected chi connectivity index (χ4v) is 4.96. The lowest BCUT2D eigenvalue weighted by Gasteiger charge is -2.15. The van der Waals surface area contributed by atoms with Gasteiger partial charge in [0.05, 0.1) is 3.79 Å². The molecule has 1 atom stereocenters. The Kier molecular flexibility index (Phi) is 4.58. The van der Waals surface area contributed by atoms with Crippen LogP contribution < -0.4 is 4.72 Å². The number of rotatable bonds is 4. The van der Waals surface area contributed by atoms with Crippen molar-refractivity contribution < 1.29 is 17.2 Å². The van der Waals surface area contributed by atoms with E-state index in [2.05, 4.69) is 20.7 Å². The third-order valence-electron chi connectivity index (χ3n) is 2.58. The summed E-state index contributed by atoms with van der Waals surface area (Å²) in [5.41, 5.74) is -0.299. The first-order valence-electron chi connectivity index (χ1n) is 5.53. The number of sulfonamides is 1. The summed E-state index contributed by atoms with van der Waals surface area (Å²) in [6, 6.07) is 5.40. The molecular formula is C12H10BrF2NO2S2. The van der Waals surface area contributed by atoms with Crippen molar-refractivity contribution in [3.8, 4) is 0 Å². The van der Waals surface area contributed by atoms with E-state index >= 15 is 0 Å². The Morgan fingerprint density at radius 3 is 2.30 bits per heavy atom. The number of hydrogen-bond acceptors (Lipinski definition) is 3. The predicted octanol–water partition coefficient (Wildman–Crippen LogP) is 3.83. The number of benzene rings is 1. The van der Waals surface area contributed by atoms with Crippen LogP contribution in [0, 0.1) is 11.6 Å². The average molecular weight is 382 g/mol. The molecule has 2 rings (SSSR count). The smallest absolute Gasteiger partial charge is 0.207 e. The van der Waals surface area contributed by atoms with Gasteiger partial charge in [-0.25, -0.2) is 21.9 Å². The molecule has 1 unspecified atom stereocenters. The molecule has 0 radical (unpaired) electrons. The maximum absolute atomic E-state index is 13.6. The Hall–Kier alpha value is -0.830. The highest BCUT2D eigenvalue weighted by molar-refractivity contribution is 9.11. The molecule has 0 aliphatic rings. The number of thiophene rings is 1. The Morgan fingerprint density at radius 1 is 1.20 bits per heavy atom. The van der Waals surface area contributed by atoms with Crippen LogP contribution in [0.2, 0.25) is 0 Å². The zero-order chi connectivity index (χ0) is 14.9. The van der Waals surface area contributed by atoms with Gasteiger partial charge in [0.15, 0.2) is 0 Å². The summed E-state index contributed by atoms with van der Waals surface area (Å²) < 4.78 is 54.4. The van der Waals surface area contributed by atoms with E-state index in [4.69, 9.17) is 0 Å². The predicted molar refractivity (Wildman–Crippen MR) is 77.1 cm³/mol. The monoisotopic (exact) mass is 381 g/mol. The lowest BCUT2D eigenvalue weighted by molar-refractivity contribution is 0.515. The number of halogens is 3. The van der Waals surface area contributed by atoms with Crippen LogP contribution in [0.1, 0.15) is 18.5 Å². The van der Waals surface area contributed by atoms with Crippen LogP contribution in [0.15, 0.2) is 38.3 Å². The lowest BCUT2D eigenvalue weighted by atomic mass is 10.1. The van der Waals surface area contributed by atoms with Crippen LogP contribution in [0.3, 0.4) is 0 Å². The highest BCUT2D eigenvalue weighted by Gasteiger charge is 2.23. The van der Waals surface area contributed by atoms with Crippen molar-refractivity contribution in [1.29, 1.82) is 0 Å². The van der Waals surface area contributed by atoms with E-state index in [1.165, 1.54) is 19.1 Å². The molecule has 0 bridgehead atoms. The van der Waals surface area contributed by atoms with Crippen molar-refractivity contribution in [2.24, 2.45) is 0 Å². The molecule has 20 heavy (non-hydrogen) atoms. The summed E-state index contributed by atoms with van der Waals surface area (Å²) >= 11 is 4.18. The van der Waals surface area contributed by atoms with Gasteiger partial charge in [-0.1, -0.05) is 6.07 Å². The van der Waals surface area contributed by atoms with Crippen LogP contribution in [0.5, 0.6) is 0 Å². The summed E-state index contributed by atoms with van der Waals surface area (Å²) in [6.07, 6.45) is 0. The summed E-state index contributed by atoms with van der Waals surface area (Å²) in [4.78, 5) is 0. The first kappa shape index (κ1) is 15.6. The SMILES string of the molecule is CC(NS(=O)(=O)c1ccc(Br)s1)c1c(F)cccc1F. The van der Waals surface area contributed by atoms with Gasteiger partial charge in [-0.2, -0.15) is 0 Å². The van der Waals surface area contributed by atoms with Crippen molar-refractivity contribution >= 4 is 37.3 Å². The Labute approximate surface area is 127 Å². The molecule has 108 valence electrons. The summed E-state index contributed by atoms with van der Waals surface area (Å²) in [5, 5.41) is 0. The molecule has 0 spiro atoms. The molecular weight excluding hydrogens is 372 g/mol. The minimum Gasteiger partial charge on any atom is -0.207 e. The van der Waals surface area contributed by atoms with Crippen LogP contribution >= 0.6 is 27.3 Å². The molecule has 0 saturated carbocycles. The third kappa shape index (κ3) is 3.25. The first-order chi connectivity index (χ1) is 9.31. The molecule has 3 nitrogen and oxygen atoms in total. The topological polar surface area (TPSA) is 46.2 Å². The molecule has 0 amide bonds. The van der Waals surface area contributed by atoms with Crippen molar-refractivity contribution in [3.05, 3.63) is 51.3 Å². The summed E-state index contributed by atoms with van der Waals surface area (Å²) in [6.45, 7) is 1.39. The molecule has 1 aromatic carbocycles. The fourth-order valence-electron chi connectivity index (χ4n) is 1.72. The van der Waals surface area contributed by atoms with Crippen LogP contribution in [-0.2, 0) is 10.0 Å². The van der Waals surface area contributed by atoms with Gasteiger partial charge in [-0.15, -0.1) is 11.3 Å². The van der Waals surface area contributed by atoms with E-state index < -0.39 is 27.7 Å². The molecule has 1 N–H and O–H groups in total. The van der Waals surface area contributed by atoms with Crippen molar-refractivity contribution in [1.82, 2.24) is 4.72 Å². The van der Waals surface area contributed by atoms with Crippen molar-refractivity contribution in [2.75, 3.05) is 0 Å². The third-order valence-corrected chi connectivity index (χ3v) is 6.23. The quantitative estimate of drug-likeness (QED) is 0.874. The first-order valence-corrected chi connectivity index (χ1v) is 8.62. The van der Waals surface area contributed by atoms with Gasteiger partial charge in [0.2, 0.25) is 0 Å². The van der Waals surface area contributed by atoms with Crippen LogP contribution in [0.25, 0.3) is 0 Å². The van der Waals surface area contributed by atoms with Gasteiger partial charge >= 0.3 is 0 Å². The van der Waals surface area contributed by atoms with E-state index in [0.717, 1.165) is 23.5 Å². The highest BCUT2D eigenvalue weighted by atomic mass is 79.9. The molecule has 8 heteroatoms. The molecule has 1 heterocycles. The minimum atomic E-state index is -3.82. The van der Waals surface area contributed by atoms with Gasteiger partial charge in [0.1, 0.15) is 15.8 Å². The standard InChI is InChI=1S/C12H10BrF2NO2S2/c1-7(12-8(14)3-2-4-9(12)15)16-20(17,18)11-6-5-10(13)19-11/h2-7,16H,1H3. The molecule has 0 fully saturated rings. The molecule has 0 aliphatic heterocycles. The summed E-state index contributed by atoms with van der Waals surface area (Å²) in [5.74, 6) is -1.57. The lowest BCUT2D eigenvalue weighted by Crippen LogP contribution is -2.27. The fraction of sp³-hybridized carbons (Fsp3) is 0.167. The summed E-state index contributed by atoms with van der Waals surface area (Å²) in [7, 11) is -3.82. The van der Waals surface area contributed by atoms with Crippen molar-refractivity contribution in [3.63, 3.8) is 0 Å². The molecule has 2 aromatic rings. The van der Waals surface area contributed by atoms with E-state index in [0.29, 0.717) is 3.79 Å². The van der Waals surface area contributed by atoms with E-state index in [-0.39, 0.29) is 9.77 Å². The molecule has 1 aromatic heterocycles. The van der Waals surface area contributed by atoms with Crippen LogP contribution in [-0.4, -0.2) is 8.42 Å². The maximum atomic E-state index is 13.6. The second-order valence-electron chi connectivity index (χ2n) is 4.04. The Bertz CT molecular complexity index is 711. The number of nitrogens with one attached hydrogen (secondary N) is 1. The van der Waals surface area contributed by atoms with Gasteiger partial charge in [0, 0.05) is 11.6 Å². The number of hydrogen-bond donors (Lipinski definition) is 1. The van der Waals surface area contributed by atoms with Gasteiger partial charge < -0.3 is 0 Å². The second kappa shape index (κ2) is 5.88. The van der Waals surface area contributed by atoms with E-state index in [1.54, 1.807) is 6.07 Å². The van der Waals surface area contributed by atoms with Gasteiger partial charge in [-0.3, -0.25) is 0 Å².